The minimum Gasteiger partial charge on any atom is -0.309 e. The molecule has 0 saturated heterocycles. The summed E-state index contributed by atoms with van der Waals surface area (Å²) in [6, 6.07) is 10.5. The minimum atomic E-state index is 0.219. The first-order valence-corrected chi connectivity index (χ1v) is 6.83. The smallest absolute Gasteiger partial charge is 0.115 e. The van der Waals surface area contributed by atoms with Gasteiger partial charge in [-0.3, -0.25) is 0 Å². The summed E-state index contributed by atoms with van der Waals surface area (Å²) in [5.41, 5.74) is 2.31. The van der Waals surface area contributed by atoms with Gasteiger partial charge in [-0.25, -0.2) is 9.97 Å². The number of nitrogens with zero attached hydrogens (tertiary/aromatic N) is 2. The molecule has 18 heavy (non-hydrogen) atoms. The molecule has 1 aromatic carbocycles. The summed E-state index contributed by atoms with van der Waals surface area (Å²) in [5, 5.41) is 3.46. The van der Waals surface area contributed by atoms with Gasteiger partial charge < -0.3 is 5.32 Å². The number of hydrogen-bond acceptors (Lipinski definition) is 3. The van der Waals surface area contributed by atoms with E-state index in [2.05, 4.69) is 56.3 Å². The van der Waals surface area contributed by atoms with Crippen molar-refractivity contribution in [3.8, 4) is 0 Å². The van der Waals surface area contributed by atoms with Gasteiger partial charge in [-0.1, -0.05) is 41.1 Å². The molecule has 0 spiro atoms. The Morgan fingerprint density at radius 1 is 1.28 bits per heavy atom. The van der Waals surface area contributed by atoms with Gasteiger partial charge in [0.2, 0.25) is 0 Å². The van der Waals surface area contributed by atoms with Crippen molar-refractivity contribution >= 4 is 15.9 Å². The second kappa shape index (κ2) is 6.61. The molecule has 0 aliphatic rings. The molecule has 0 radical (unpaired) electrons. The molecule has 0 aliphatic heterocycles. The van der Waals surface area contributed by atoms with E-state index < -0.39 is 0 Å². The van der Waals surface area contributed by atoms with Gasteiger partial charge in [0, 0.05) is 10.7 Å². The van der Waals surface area contributed by atoms with E-state index in [1.54, 1.807) is 12.5 Å². The molecule has 0 saturated carbocycles. The standard InChI is InChI=1S/C14H16BrN3/c1-2-17-14(13-7-8-16-10-18-13)9-11-5-3-4-6-12(11)15/h3-8,10,14,17H,2,9H2,1H3. The first-order chi connectivity index (χ1) is 8.81. The third kappa shape index (κ3) is 3.37. The van der Waals surface area contributed by atoms with Crippen molar-refractivity contribution in [3.05, 3.63) is 58.6 Å². The van der Waals surface area contributed by atoms with Gasteiger partial charge >= 0.3 is 0 Å². The van der Waals surface area contributed by atoms with Crippen LogP contribution < -0.4 is 5.32 Å². The lowest BCUT2D eigenvalue weighted by Gasteiger charge is -2.17. The van der Waals surface area contributed by atoms with E-state index in [1.807, 2.05) is 12.1 Å². The van der Waals surface area contributed by atoms with Crippen LogP contribution in [0.4, 0.5) is 0 Å². The molecule has 0 amide bonds. The summed E-state index contributed by atoms with van der Waals surface area (Å²) in [5.74, 6) is 0. The Kier molecular flexibility index (Phi) is 4.84. The van der Waals surface area contributed by atoms with Gasteiger partial charge in [0.15, 0.2) is 0 Å². The van der Waals surface area contributed by atoms with Crippen LogP contribution >= 0.6 is 15.9 Å². The molecule has 0 aliphatic carbocycles. The maximum Gasteiger partial charge on any atom is 0.115 e. The van der Waals surface area contributed by atoms with E-state index in [4.69, 9.17) is 0 Å². The molecule has 1 aromatic heterocycles. The van der Waals surface area contributed by atoms with Crippen LogP contribution in [-0.2, 0) is 6.42 Å². The highest BCUT2D eigenvalue weighted by molar-refractivity contribution is 9.10. The normalized spacial score (nSPS) is 12.3. The van der Waals surface area contributed by atoms with Crippen molar-refractivity contribution in [1.29, 1.82) is 0 Å². The van der Waals surface area contributed by atoms with E-state index in [9.17, 15) is 0 Å². The fourth-order valence-corrected chi connectivity index (χ4v) is 2.37. The van der Waals surface area contributed by atoms with E-state index >= 15 is 0 Å². The Labute approximate surface area is 116 Å². The summed E-state index contributed by atoms with van der Waals surface area (Å²) in [4.78, 5) is 8.30. The topological polar surface area (TPSA) is 37.8 Å². The average molecular weight is 306 g/mol. The number of halogens is 1. The predicted molar refractivity (Wildman–Crippen MR) is 76.3 cm³/mol. The molecular formula is C14H16BrN3. The van der Waals surface area contributed by atoms with Crippen LogP contribution in [-0.4, -0.2) is 16.5 Å². The molecule has 2 rings (SSSR count). The van der Waals surface area contributed by atoms with Gasteiger partial charge in [0.05, 0.1) is 11.7 Å². The molecule has 2 aromatic rings. The zero-order valence-corrected chi connectivity index (χ0v) is 11.9. The van der Waals surface area contributed by atoms with Crippen molar-refractivity contribution < 1.29 is 0 Å². The maximum atomic E-state index is 4.33. The Bertz CT molecular complexity index is 487. The van der Waals surface area contributed by atoms with Gasteiger partial charge in [-0.2, -0.15) is 0 Å². The fourth-order valence-electron chi connectivity index (χ4n) is 1.92. The highest BCUT2D eigenvalue weighted by Gasteiger charge is 2.13. The Hall–Kier alpha value is -1.26. The lowest BCUT2D eigenvalue weighted by Crippen LogP contribution is -2.24. The van der Waals surface area contributed by atoms with E-state index in [0.717, 1.165) is 23.1 Å². The summed E-state index contributed by atoms with van der Waals surface area (Å²) in [6.45, 7) is 3.02. The first-order valence-electron chi connectivity index (χ1n) is 6.04. The van der Waals surface area contributed by atoms with Crippen molar-refractivity contribution in [3.63, 3.8) is 0 Å². The molecule has 1 N–H and O–H groups in total. The maximum absolute atomic E-state index is 4.33. The first kappa shape index (κ1) is 13.2. The highest BCUT2D eigenvalue weighted by atomic mass is 79.9. The quantitative estimate of drug-likeness (QED) is 0.922. The molecular weight excluding hydrogens is 290 g/mol. The summed E-state index contributed by atoms with van der Waals surface area (Å²) in [6.07, 6.45) is 4.29. The molecule has 4 heteroatoms. The Morgan fingerprint density at radius 2 is 2.11 bits per heavy atom. The Morgan fingerprint density at radius 3 is 2.78 bits per heavy atom. The van der Waals surface area contributed by atoms with Crippen molar-refractivity contribution in [1.82, 2.24) is 15.3 Å². The van der Waals surface area contributed by atoms with Crippen LogP contribution in [0.3, 0.4) is 0 Å². The number of benzene rings is 1. The highest BCUT2D eigenvalue weighted by Crippen LogP contribution is 2.22. The minimum absolute atomic E-state index is 0.219. The molecule has 0 bridgehead atoms. The fraction of sp³-hybridized carbons (Fsp3) is 0.286. The molecule has 94 valence electrons. The van der Waals surface area contributed by atoms with Crippen molar-refractivity contribution in [2.75, 3.05) is 6.54 Å². The number of hydrogen-bond donors (Lipinski definition) is 1. The third-order valence-corrected chi connectivity index (χ3v) is 3.57. The zero-order chi connectivity index (χ0) is 12.8. The molecule has 1 atom stereocenters. The van der Waals surface area contributed by atoms with E-state index in [1.165, 1.54) is 5.56 Å². The second-order valence-electron chi connectivity index (χ2n) is 4.04. The summed E-state index contributed by atoms with van der Waals surface area (Å²) < 4.78 is 1.14. The second-order valence-corrected chi connectivity index (χ2v) is 4.89. The molecule has 0 fully saturated rings. The van der Waals surface area contributed by atoms with Crippen LogP contribution in [0.1, 0.15) is 24.2 Å². The van der Waals surface area contributed by atoms with Crippen molar-refractivity contribution in [2.45, 2.75) is 19.4 Å². The van der Waals surface area contributed by atoms with Gasteiger partial charge in [-0.15, -0.1) is 0 Å². The van der Waals surface area contributed by atoms with Crippen LogP contribution in [0.5, 0.6) is 0 Å². The van der Waals surface area contributed by atoms with Crippen LogP contribution in [0.2, 0.25) is 0 Å². The number of nitrogens with one attached hydrogen (secondary N) is 1. The lowest BCUT2D eigenvalue weighted by atomic mass is 10.0. The molecule has 3 nitrogen and oxygen atoms in total. The molecule has 1 heterocycles. The average Bonchev–Trinajstić information content (AvgIpc) is 2.42. The summed E-state index contributed by atoms with van der Waals surface area (Å²) in [7, 11) is 0. The molecule has 1 unspecified atom stereocenters. The van der Waals surface area contributed by atoms with Crippen LogP contribution in [0.15, 0.2) is 47.3 Å². The van der Waals surface area contributed by atoms with E-state index in [0.29, 0.717) is 0 Å². The van der Waals surface area contributed by atoms with Crippen LogP contribution in [0.25, 0.3) is 0 Å². The van der Waals surface area contributed by atoms with Crippen molar-refractivity contribution in [2.24, 2.45) is 0 Å². The predicted octanol–water partition coefficient (Wildman–Crippen LogP) is 3.13. The monoisotopic (exact) mass is 305 g/mol. The lowest BCUT2D eigenvalue weighted by molar-refractivity contribution is 0.535. The largest absolute Gasteiger partial charge is 0.309 e. The van der Waals surface area contributed by atoms with Gasteiger partial charge in [0.1, 0.15) is 6.33 Å². The third-order valence-electron chi connectivity index (χ3n) is 2.79. The van der Waals surface area contributed by atoms with Gasteiger partial charge in [-0.05, 0) is 30.7 Å². The number of aromatic nitrogens is 2. The number of rotatable bonds is 5. The SMILES string of the molecule is CCNC(Cc1ccccc1Br)c1ccncn1. The van der Waals surface area contributed by atoms with Gasteiger partial charge in [0.25, 0.3) is 0 Å². The van der Waals surface area contributed by atoms with E-state index in [-0.39, 0.29) is 6.04 Å². The summed E-state index contributed by atoms with van der Waals surface area (Å²) >= 11 is 3.59. The van der Waals surface area contributed by atoms with Crippen LogP contribution in [0, 0.1) is 0 Å². The zero-order valence-electron chi connectivity index (χ0n) is 10.3. The Balaban J connectivity index is 2.19. The number of likely N-dealkylation sites (N-methyl/N-ethyl adjacent to an activating group) is 1.